The van der Waals surface area contributed by atoms with Crippen LogP contribution < -0.4 is 10.1 Å². The van der Waals surface area contributed by atoms with E-state index in [1.54, 1.807) is 0 Å². The molecule has 0 spiro atoms. The Bertz CT molecular complexity index is 376. The molecule has 0 aromatic heterocycles. The van der Waals surface area contributed by atoms with E-state index in [1.165, 1.54) is 13.2 Å². The maximum Gasteiger partial charge on any atom is 0.168 e. The molecule has 1 atom stereocenters. The van der Waals surface area contributed by atoms with Crippen LogP contribution in [0.1, 0.15) is 12.0 Å². The fourth-order valence-electron chi connectivity index (χ4n) is 2.19. The number of hydrogen-bond donors (Lipinski definition) is 1. The monoisotopic (exact) mass is 227 g/mol. The van der Waals surface area contributed by atoms with Crippen molar-refractivity contribution in [1.29, 1.82) is 0 Å². The summed E-state index contributed by atoms with van der Waals surface area (Å²) < 4.78 is 31.5. The van der Waals surface area contributed by atoms with Crippen molar-refractivity contribution in [1.82, 2.24) is 5.32 Å². The summed E-state index contributed by atoms with van der Waals surface area (Å²) in [5, 5.41) is 3.23. The average Bonchev–Trinajstić information content (AvgIpc) is 2.70. The molecule has 1 heterocycles. The molecule has 0 radical (unpaired) electrons. The SMILES string of the molecule is COc1c(F)cc(F)cc1CC1CCNC1. The van der Waals surface area contributed by atoms with Crippen LogP contribution in [0.5, 0.6) is 5.75 Å². The van der Waals surface area contributed by atoms with E-state index in [1.807, 2.05) is 0 Å². The van der Waals surface area contributed by atoms with E-state index in [2.05, 4.69) is 5.32 Å². The van der Waals surface area contributed by atoms with Gasteiger partial charge >= 0.3 is 0 Å². The Balaban J connectivity index is 2.23. The molecule has 0 aliphatic carbocycles. The van der Waals surface area contributed by atoms with Crippen LogP contribution >= 0.6 is 0 Å². The van der Waals surface area contributed by atoms with Gasteiger partial charge in [-0.3, -0.25) is 0 Å². The van der Waals surface area contributed by atoms with E-state index in [9.17, 15) is 8.78 Å². The van der Waals surface area contributed by atoms with Crippen molar-refractivity contribution in [2.24, 2.45) is 5.92 Å². The zero-order chi connectivity index (χ0) is 11.5. The molecular formula is C12H15F2NO. The lowest BCUT2D eigenvalue weighted by molar-refractivity contribution is 0.375. The van der Waals surface area contributed by atoms with E-state index in [-0.39, 0.29) is 5.75 Å². The molecule has 1 saturated heterocycles. The number of methoxy groups -OCH3 is 1. The fraction of sp³-hybridized carbons (Fsp3) is 0.500. The zero-order valence-electron chi connectivity index (χ0n) is 9.22. The van der Waals surface area contributed by atoms with Gasteiger partial charge in [-0.15, -0.1) is 0 Å². The largest absolute Gasteiger partial charge is 0.493 e. The second-order valence-electron chi connectivity index (χ2n) is 4.14. The van der Waals surface area contributed by atoms with Crippen molar-refractivity contribution in [3.05, 3.63) is 29.3 Å². The molecule has 0 bridgehead atoms. The van der Waals surface area contributed by atoms with Crippen molar-refractivity contribution in [3.63, 3.8) is 0 Å². The number of nitrogens with one attached hydrogen (secondary N) is 1. The van der Waals surface area contributed by atoms with Crippen LogP contribution in [-0.2, 0) is 6.42 Å². The molecule has 1 aromatic rings. The minimum Gasteiger partial charge on any atom is -0.493 e. The summed E-state index contributed by atoms with van der Waals surface area (Å²) in [7, 11) is 1.41. The minimum atomic E-state index is -0.622. The Morgan fingerprint density at radius 2 is 2.25 bits per heavy atom. The molecule has 1 aliphatic rings. The number of rotatable bonds is 3. The Kier molecular flexibility index (Phi) is 3.39. The molecule has 1 N–H and O–H groups in total. The molecule has 2 nitrogen and oxygen atoms in total. The summed E-state index contributed by atoms with van der Waals surface area (Å²) in [5.74, 6) is -0.550. The van der Waals surface area contributed by atoms with E-state index < -0.39 is 11.6 Å². The van der Waals surface area contributed by atoms with Crippen molar-refractivity contribution in [2.75, 3.05) is 20.2 Å². The van der Waals surface area contributed by atoms with Crippen LogP contribution in [0.2, 0.25) is 0 Å². The molecule has 0 amide bonds. The molecule has 88 valence electrons. The highest BCUT2D eigenvalue weighted by molar-refractivity contribution is 5.36. The van der Waals surface area contributed by atoms with Gasteiger partial charge in [0.25, 0.3) is 0 Å². The third kappa shape index (κ3) is 2.32. The lowest BCUT2D eigenvalue weighted by Gasteiger charge is -2.13. The topological polar surface area (TPSA) is 21.3 Å². The van der Waals surface area contributed by atoms with Gasteiger partial charge in [-0.1, -0.05) is 0 Å². The standard InChI is InChI=1S/C12H15F2NO/c1-16-12-9(4-8-2-3-15-7-8)5-10(13)6-11(12)14/h5-6,8,15H,2-4,7H2,1H3. The maximum absolute atomic E-state index is 13.4. The van der Waals surface area contributed by atoms with Gasteiger partial charge in [0, 0.05) is 11.6 Å². The first-order chi connectivity index (χ1) is 7.70. The first-order valence-electron chi connectivity index (χ1n) is 5.43. The van der Waals surface area contributed by atoms with Gasteiger partial charge in [0.15, 0.2) is 11.6 Å². The fourth-order valence-corrected chi connectivity index (χ4v) is 2.19. The first kappa shape index (κ1) is 11.3. The molecule has 1 aliphatic heterocycles. The predicted octanol–water partition coefficient (Wildman–Crippen LogP) is 2.13. The zero-order valence-corrected chi connectivity index (χ0v) is 9.22. The van der Waals surface area contributed by atoms with Crippen LogP contribution in [0, 0.1) is 17.6 Å². The lowest BCUT2D eigenvalue weighted by Crippen LogP contribution is -2.11. The number of benzene rings is 1. The normalized spacial score (nSPS) is 20.1. The second kappa shape index (κ2) is 4.78. The minimum absolute atomic E-state index is 0.174. The first-order valence-corrected chi connectivity index (χ1v) is 5.43. The highest BCUT2D eigenvalue weighted by Crippen LogP contribution is 2.27. The number of hydrogen-bond acceptors (Lipinski definition) is 2. The summed E-state index contributed by atoms with van der Waals surface area (Å²) in [5.41, 5.74) is 0.619. The van der Waals surface area contributed by atoms with Crippen LogP contribution in [-0.4, -0.2) is 20.2 Å². The third-order valence-corrected chi connectivity index (χ3v) is 2.96. The van der Waals surface area contributed by atoms with Crippen LogP contribution in [0.15, 0.2) is 12.1 Å². The Hall–Kier alpha value is -1.16. The van der Waals surface area contributed by atoms with Gasteiger partial charge in [0.2, 0.25) is 0 Å². The number of halogens is 2. The van der Waals surface area contributed by atoms with E-state index >= 15 is 0 Å². The van der Waals surface area contributed by atoms with Crippen LogP contribution in [0.3, 0.4) is 0 Å². The average molecular weight is 227 g/mol. The third-order valence-electron chi connectivity index (χ3n) is 2.96. The van der Waals surface area contributed by atoms with Gasteiger partial charge in [-0.25, -0.2) is 8.78 Å². The number of ether oxygens (including phenoxy) is 1. The van der Waals surface area contributed by atoms with Gasteiger partial charge in [-0.2, -0.15) is 0 Å². The quantitative estimate of drug-likeness (QED) is 0.854. The van der Waals surface area contributed by atoms with Crippen molar-refractivity contribution >= 4 is 0 Å². The van der Waals surface area contributed by atoms with Crippen molar-refractivity contribution in [2.45, 2.75) is 12.8 Å². The van der Waals surface area contributed by atoms with Crippen molar-refractivity contribution in [3.8, 4) is 5.75 Å². The van der Waals surface area contributed by atoms with Gasteiger partial charge in [-0.05, 0) is 37.9 Å². The summed E-state index contributed by atoms with van der Waals surface area (Å²) in [6.45, 7) is 1.88. The van der Waals surface area contributed by atoms with E-state index in [0.29, 0.717) is 17.9 Å². The highest BCUT2D eigenvalue weighted by Gasteiger charge is 2.19. The molecule has 0 saturated carbocycles. The second-order valence-corrected chi connectivity index (χ2v) is 4.14. The van der Waals surface area contributed by atoms with Crippen molar-refractivity contribution < 1.29 is 13.5 Å². The predicted molar refractivity (Wildman–Crippen MR) is 57.6 cm³/mol. The van der Waals surface area contributed by atoms with Gasteiger partial charge < -0.3 is 10.1 Å². The van der Waals surface area contributed by atoms with Gasteiger partial charge in [0.05, 0.1) is 7.11 Å². The molecule has 4 heteroatoms. The summed E-state index contributed by atoms with van der Waals surface area (Å²) in [6, 6.07) is 2.22. The molecule has 1 aromatic carbocycles. The lowest BCUT2D eigenvalue weighted by atomic mass is 9.98. The highest BCUT2D eigenvalue weighted by atomic mass is 19.1. The van der Waals surface area contributed by atoms with Crippen LogP contribution in [0.25, 0.3) is 0 Å². The summed E-state index contributed by atoms with van der Waals surface area (Å²) >= 11 is 0. The molecule has 2 rings (SSSR count). The van der Waals surface area contributed by atoms with E-state index in [0.717, 1.165) is 25.6 Å². The van der Waals surface area contributed by atoms with Crippen LogP contribution in [0.4, 0.5) is 8.78 Å². The molecule has 1 fully saturated rings. The Morgan fingerprint density at radius 3 is 2.88 bits per heavy atom. The Morgan fingerprint density at radius 1 is 1.44 bits per heavy atom. The van der Waals surface area contributed by atoms with Gasteiger partial charge in [0.1, 0.15) is 5.82 Å². The summed E-state index contributed by atoms with van der Waals surface area (Å²) in [6.07, 6.45) is 1.70. The smallest absolute Gasteiger partial charge is 0.168 e. The molecule has 1 unspecified atom stereocenters. The summed E-state index contributed by atoms with van der Waals surface area (Å²) in [4.78, 5) is 0. The Labute approximate surface area is 93.6 Å². The molecule has 16 heavy (non-hydrogen) atoms. The van der Waals surface area contributed by atoms with E-state index in [4.69, 9.17) is 4.74 Å². The maximum atomic E-state index is 13.4. The molecular weight excluding hydrogens is 212 g/mol.